The predicted octanol–water partition coefficient (Wildman–Crippen LogP) is 5.93. The second-order valence-electron chi connectivity index (χ2n) is 9.00. The summed E-state index contributed by atoms with van der Waals surface area (Å²) in [5.41, 5.74) is 0.635. The van der Waals surface area contributed by atoms with Crippen molar-refractivity contribution in [3.05, 3.63) is 62.1 Å². The average molecular weight is 609 g/mol. The van der Waals surface area contributed by atoms with Crippen molar-refractivity contribution >= 4 is 73.9 Å². The molecule has 1 fully saturated rings. The Kier molecular flexibility index (Phi) is 10.4. The van der Waals surface area contributed by atoms with Gasteiger partial charge in [-0.2, -0.15) is 0 Å². The van der Waals surface area contributed by atoms with Gasteiger partial charge in [0.2, 0.25) is 21.8 Å². The van der Waals surface area contributed by atoms with Crippen LogP contribution in [-0.4, -0.2) is 50.0 Å². The van der Waals surface area contributed by atoms with Crippen LogP contribution in [0, 0.1) is 0 Å². The van der Waals surface area contributed by atoms with E-state index >= 15 is 0 Å². The minimum Gasteiger partial charge on any atom is -0.352 e. The van der Waals surface area contributed by atoms with Crippen molar-refractivity contribution < 1.29 is 18.0 Å². The molecule has 202 valence electrons. The van der Waals surface area contributed by atoms with Crippen LogP contribution in [-0.2, 0) is 26.2 Å². The highest BCUT2D eigenvalue weighted by atomic mass is 35.5. The number of halogens is 4. The fraction of sp³-hybridized carbons (Fsp3) is 0.440. The summed E-state index contributed by atoms with van der Waals surface area (Å²) in [4.78, 5) is 28.5. The first kappa shape index (κ1) is 29.8. The highest BCUT2D eigenvalue weighted by molar-refractivity contribution is 7.92. The Labute approximate surface area is 238 Å². The van der Waals surface area contributed by atoms with E-state index in [9.17, 15) is 18.0 Å². The van der Waals surface area contributed by atoms with Gasteiger partial charge >= 0.3 is 0 Å². The highest BCUT2D eigenvalue weighted by Gasteiger charge is 2.33. The van der Waals surface area contributed by atoms with Gasteiger partial charge in [-0.05, 0) is 49.6 Å². The lowest BCUT2D eigenvalue weighted by Gasteiger charge is -2.33. The minimum atomic E-state index is -3.91. The summed E-state index contributed by atoms with van der Waals surface area (Å²) in [6, 6.07) is 8.43. The largest absolute Gasteiger partial charge is 0.352 e. The normalized spacial score (nSPS) is 14.9. The molecule has 0 spiro atoms. The zero-order valence-electron chi connectivity index (χ0n) is 20.5. The first-order chi connectivity index (χ1) is 17.4. The van der Waals surface area contributed by atoms with Gasteiger partial charge in [-0.25, -0.2) is 8.42 Å². The zero-order valence-corrected chi connectivity index (χ0v) is 24.4. The van der Waals surface area contributed by atoms with Crippen LogP contribution in [0.1, 0.15) is 44.6 Å². The van der Waals surface area contributed by atoms with E-state index in [0.29, 0.717) is 22.0 Å². The number of hydrogen-bond acceptors (Lipinski definition) is 4. The first-order valence-corrected chi connectivity index (χ1v) is 15.2. The Morgan fingerprint density at radius 3 is 2.16 bits per heavy atom. The zero-order chi connectivity index (χ0) is 27.3. The van der Waals surface area contributed by atoms with Crippen LogP contribution in [0.5, 0.6) is 0 Å². The number of nitrogens with zero attached hydrogens (tertiary/aromatic N) is 2. The van der Waals surface area contributed by atoms with E-state index in [1.54, 1.807) is 25.1 Å². The summed E-state index contributed by atoms with van der Waals surface area (Å²) in [5.74, 6) is -0.896. The van der Waals surface area contributed by atoms with Crippen LogP contribution in [0.25, 0.3) is 0 Å². The highest BCUT2D eigenvalue weighted by Crippen LogP contribution is 2.30. The van der Waals surface area contributed by atoms with Gasteiger partial charge < -0.3 is 10.2 Å². The number of hydrogen-bond donors (Lipinski definition) is 1. The summed E-state index contributed by atoms with van der Waals surface area (Å²) < 4.78 is 26.4. The van der Waals surface area contributed by atoms with E-state index in [1.165, 1.54) is 23.1 Å². The molecular weight excluding hydrogens is 580 g/mol. The minimum absolute atomic E-state index is 0.0473. The third-order valence-electron chi connectivity index (χ3n) is 6.35. The molecule has 7 nitrogen and oxygen atoms in total. The molecule has 1 aliphatic rings. The van der Waals surface area contributed by atoms with E-state index in [-0.39, 0.29) is 34.2 Å². The molecular formula is C25H29Cl4N3O4S. The summed E-state index contributed by atoms with van der Waals surface area (Å²) in [6.07, 6.45) is 5.12. The van der Waals surface area contributed by atoms with Crippen LogP contribution in [0.3, 0.4) is 0 Å². The molecule has 0 saturated heterocycles. The van der Waals surface area contributed by atoms with E-state index in [1.807, 2.05) is 0 Å². The van der Waals surface area contributed by atoms with E-state index in [4.69, 9.17) is 46.4 Å². The number of rotatable bonds is 10. The second kappa shape index (κ2) is 12.9. The number of benzene rings is 2. The van der Waals surface area contributed by atoms with Crippen molar-refractivity contribution in [2.45, 2.75) is 57.7 Å². The van der Waals surface area contributed by atoms with E-state index < -0.39 is 28.5 Å². The number of nitrogens with one attached hydrogen (secondary N) is 1. The number of carbonyl (C=O) groups is 2. The molecule has 0 aromatic heterocycles. The summed E-state index contributed by atoms with van der Waals surface area (Å²) in [7, 11) is -3.91. The molecule has 0 unspecified atom stereocenters. The summed E-state index contributed by atoms with van der Waals surface area (Å²) >= 11 is 24.9. The predicted molar refractivity (Wildman–Crippen MR) is 150 cm³/mol. The monoisotopic (exact) mass is 607 g/mol. The maximum absolute atomic E-state index is 13.8. The Morgan fingerprint density at radius 2 is 1.62 bits per heavy atom. The average Bonchev–Trinajstić information content (AvgIpc) is 3.33. The van der Waals surface area contributed by atoms with Crippen LogP contribution >= 0.6 is 46.4 Å². The molecule has 37 heavy (non-hydrogen) atoms. The molecule has 12 heteroatoms. The lowest BCUT2D eigenvalue weighted by Crippen LogP contribution is -2.53. The van der Waals surface area contributed by atoms with Gasteiger partial charge in [0.1, 0.15) is 12.6 Å². The Hall–Kier alpha value is -1.71. The van der Waals surface area contributed by atoms with Crippen molar-refractivity contribution in [3.8, 4) is 0 Å². The molecule has 1 saturated carbocycles. The van der Waals surface area contributed by atoms with Gasteiger partial charge in [-0.3, -0.25) is 13.9 Å². The fourth-order valence-electron chi connectivity index (χ4n) is 4.39. The van der Waals surface area contributed by atoms with Crippen molar-refractivity contribution in [2.24, 2.45) is 0 Å². The second-order valence-corrected chi connectivity index (χ2v) is 12.5. The van der Waals surface area contributed by atoms with Gasteiger partial charge in [-0.15, -0.1) is 0 Å². The van der Waals surface area contributed by atoms with Crippen LogP contribution < -0.4 is 9.62 Å². The smallest absolute Gasteiger partial charge is 0.244 e. The van der Waals surface area contributed by atoms with Gasteiger partial charge in [0, 0.05) is 28.2 Å². The third kappa shape index (κ3) is 7.67. The molecule has 1 atom stereocenters. The molecule has 0 heterocycles. The van der Waals surface area contributed by atoms with E-state index in [0.717, 1.165) is 36.2 Å². The summed E-state index contributed by atoms with van der Waals surface area (Å²) in [5, 5.41) is 4.10. The van der Waals surface area contributed by atoms with Gasteiger partial charge in [0.25, 0.3) is 0 Å². The van der Waals surface area contributed by atoms with Gasteiger partial charge in [0.15, 0.2) is 0 Å². The lowest BCUT2D eigenvalue weighted by atomic mass is 10.1. The van der Waals surface area contributed by atoms with Crippen molar-refractivity contribution in [1.29, 1.82) is 0 Å². The topological polar surface area (TPSA) is 86.8 Å². The van der Waals surface area contributed by atoms with Crippen molar-refractivity contribution in [2.75, 3.05) is 17.1 Å². The van der Waals surface area contributed by atoms with Crippen molar-refractivity contribution in [3.63, 3.8) is 0 Å². The van der Waals surface area contributed by atoms with Crippen LogP contribution in [0.2, 0.25) is 20.1 Å². The van der Waals surface area contributed by atoms with Crippen LogP contribution in [0.15, 0.2) is 36.4 Å². The van der Waals surface area contributed by atoms with E-state index in [2.05, 4.69) is 5.32 Å². The number of anilines is 1. The maximum Gasteiger partial charge on any atom is 0.244 e. The van der Waals surface area contributed by atoms with Crippen LogP contribution in [0.4, 0.5) is 5.69 Å². The molecule has 3 rings (SSSR count). The fourth-order valence-corrected chi connectivity index (χ4v) is 6.05. The lowest BCUT2D eigenvalue weighted by molar-refractivity contribution is -0.140. The number of carbonyl (C=O) groups excluding carboxylic acids is 2. The SMILES string of the molecule is CC[C@@H](C(=O)NC1CCCC1)N(Cc1c(Cl)cccc1Cl)C(=O)CN(c1ccc(Cl)c(Cl)c1)S(C)(=O)=O. The molecule has 2 aromatic rings. The first-order valence-electron chi connectivity index (χ1n) is 11.9. The Morgan fingerprint density at radius 1 is 1.00 bits per heavy atom. The third-order valence-corrected chi connectivity index (χ3v) is 8.94. The van der Waals surface area contributed by atoms with Crippen molar-refractivity contribution in [1.82, 2.24) is 10.2 Å². The molecule has 2 aromatic carbocycles. The molecule has 1 N–H and O–H groups in total. The molecule has 1 aliphatic carbocycles. The van der Waals surface area contributed by atoms with Gasteiger partial charge in [-0.1, -0.05) is 72.2 Å². The molecule has 2 amide bonds. The maximum atomic E-state index is 13.8. The number of sulfonamides is 1. The Balaban J connectivity index is 1.98. The standard InChI is InChI=1S/C25H29Cl4N3O4S/c1-3-23(25(34)30-16-7-4-5-8-16)31(14-18-19(26)9-6-10-20(18)27)24(33)15-32(37(2,35)36)17-11-12-21(28)22(29)13-17/h6,9-13,16,23H,3-5,7-8,14-15H2,1-2H3,(H,30,34)/t23-/m0/s1. The molecule has 0 bridgehead atoms. The molecule has 0 aliphatic heterocycles. The summed E-state index contributed by atoms with van der Waals surface area (Å²) in [6.45, 7) is 1.15. The Bertz CT molecular complexity index is 1230. The number of amides is 2. The quantitative estimate of drug-likeness (QED) is 0.362. The van der Waals surface area contributed by atoms with Gasteiger partial charge in [0.05, 0.1) is 22.0 Å². The molecule has 0 radical (unpaired) electrons.